The van der Waals surface area contributed by atoms with Gasteiger partial charge >= 0.3 is 7.82 Å². The van der Waals surface area contributed by atoms with Crippen molar-refractivity contribution in [1.82, 2.24) is 0 Å². The first kappa shape index (κ1) is 15.7. The Morgan fingerprint density at radius 3 is 1.00 bits per heavy atom. The van der Waals surface area contributed by atoms with E-state index in [0.717, 1.165) is 0 Å². The van der Waals surface area contributed by atoms with E-state index >= 15 is 0 Å². The molecule has 0 radical (unpaired) electrons. The molecule has 0 aromatic heterocycles. The van der Waals surface area contributed by atoms with E-state index in [1.807, 2.05) is 0 Å². The van der Waals surface area contributed by atoms with Gasteiger partial charge in [-0.05, 0) is 0 Å². The average molecular weight is 210 g/mol. The van der Waals surface area contributed by atoms with Crippen molar-refractivity contribution in [1.29, 1.82) is 0 Å². The van der Waals surface area contributed by atoms with Gasteiger partial charge in [0, 0.05) is 34.1 Å². The molecule has 0 amide bonds. The summed E-state index contributed by atoms with van der Waals surface area (Å²) in [6, 6.07) is 0. The minimum absolute atomic E-state index is 0. The van der Waals surface area contributed by atoms with Crippen molar-refractivity contribution < 1.29 is 53.4 Å². The molecule has 0 aliphatic rings. The van der Waals surface area contributed by atoms with Crippen LogP contribution in [0.25, 0.3) is 0 Å². The maximum absolute atomic E-state index is 8.88. The van der Waals surface area contributed by atoms with E-state index in [1.165, 1.54) is 0 Å². The zero-order valence-corrected chi connectivity index (χ0v) is 6.01. The van der Waals surface area contributed by atoms with Gasteiger partial charge in [0.2, 0.25) is 0 Å². The molecule has 7 heteroatoms. The van der Waals surface area contributed by atoms with Crippen molar-refractivity contribution in [3.63, 3.8) is 0 Å². The molecule has 48 valence electrons. The van der Waals surface area contributed by atoms with Crippen LogP contribution in [-0.2, 0) is 38.7 Å². The maximum Gasteiger partial charge on any atom is 0.466 e. The molecule has 4 nitrogen and oxygen atoms in total. The van der Waals surface area contributed by atoms with E-state index in [-0.39, 0.29) is 34.1 Å². The van der Waals surface area contributed by atoms with Crippen LogP contribution in [0.5, 0.6) is 0 Å². The Labute approximate surface area is 61.5 Å². The Kier molecular flexibility index (Phi) is 11.9. The normalized spacial score (nSPS) is 8.43. The van der Waals surface area contributed by atoms with Gasteiger partial charge < -0.3 is 14.7 Å². The maximum atomic E-state index is 8.88. The third-order valence-corrected chi connectivity index (χ3v) is 0. The molecule has 0 aromatic carbocycles. The van der Waals surface area contributed by atoms with Crippen molar-refractivity contribution >= 4 is 7.82 Å². The molecule has 0 bridgehead atoms. The number of hydrogen-bond acceptors (Lipinski definition) is 1. The quantitative estimate of drug-likeness (QED) is 0.356. The van der Waals surface area contributed by atoms with E-state index in [1.54, 1.807) is 0 Å². The fraction of sp³-hybridized carbons (Fsp3) is 0. The molecular weight excluding hydrogens is 207 g/mol. The molecule has 0 saturated heterocycles. The fourth-order valence-corrected chi connectivity index (χ4v) is 0. The van der Waals surface area contributed by atoms with E-state index in [0.29, 0.717) is 0 Å². The van der Waals surface area contributed by atoms with E-state index < -0.39 is 7.82 Å². The largest absolute Gasteiger partial charge is 0.466 e. The molecule has 0 aliphatic heterocycles. The van der Waals surface area contributed by atoms with Crippen molar-refractivity contribution in [2.75, 3.05) is 0 Å². The second-order valence-corrected chi connectivity index (χ2v) is 1.54. The molecule has 0 unspecified atom stereocenters. The van der Waals surface area contributed by atoms with Crippen molar-refractivity contribution in [2.24, 2.45) is 0 Å². The Balaban J connectivity index is -0.0000000800. The first-order chi connectivity index (χ1) is 2.00. The Hall–Kier alpha value is 1.15. The monoisotopic (exact) mass is 210 g/mol. The minimum atomic E-state index is -4.64. The SMILES string of the molecule is O=P(O)(O)O.[Fe].[Fe]. The van der Waals surface area contributed by atoms with Crippen LogP contribution < -0.4 is 0 Å². The van der Waals surface area contributed by atoms with E-state index in [9.17, 15) is 0 Å². The second-order valence-electron chi connectivity index (χ2n) is 0.513. The molecule has 0 atom stereocenters. The molecule has 0 saturated carbocycles. The molecule has 0 spiro atoms. The van der Waals surface area contributed by atoms with Gasteiger partial charge in [0.05, 0.1) is 0 Å². The van der Waals surface area contributed by atoms with E-state index in [2.05, 4.69) is 0 Å². The summed E-state index contributed by atoms with van der Waals surface area (Å²) in [6.45, 7) is 0. The van der Waals surface area contributed by atoms with Crippen LogP contribution in [0.3, 0.4) is 0 Å². The van der Waals surface area contributed by atoms with Crippen LogP contribution in [0.2, 0.25) is 0 Å². The first-order valence-corrected chi connectivity index (χ1v) is 2.35. The van der Waals surface area contributed by atoms with Gasteiger partial charge in [0.15, 0.2) is 0 Å². The molecular formula is H3Fe2O4P. The van der Waals surface area contributed by atoms with Crippen LogP contribution in [0.15, 0.2) is 0 Å². The predicted octanol–water partition coefficient (Wildman–Crippen LogP) is -0.934. The third kappa shape index (κ3) is 144. The molecule has 0 aromatic rings. The zero-order valence-electron chi connectivity index (χ0n) is 2.90. The van der Waals surface area contributed by atoms with Gasteiger partial charge in [-0.15, -0.1) is 0 Å². The third-order valence-electron chi connectivity index (χ3n) is 0. The molecule has 0 rings (SSSR count). The Morgan fingerprint density at radius 1 is 1.00 bits per heavy atom. The van der Waals surface area contributed by atoms with Crippen LogP contribution in [0.1, 0.15) is 0 Å². The van der Waals surface area contributed by atoms with Gasteiger partial charge in [0.25, 0.3) is 0 Å². The van der Waals surface area contributed by atoms with Crippen molar-refractivity contribution in [3.8, 4) is 0 Å². The predicted molar refractivity (Wildman–Crippen MR) is 14.3 cm³/mol. The van der Waals surface area contributed by atoms with Gasteiger partial charge in [-0.3, -0.25) is 0 Å². The van der Waals surface area contributed by atoms with Gasteiger partial charge in [-0.25, -0.2) is 4.57 Å². The summed E-state index contributed by atoms with van der Waals surface area (Å²) in [4.78, 5) is 21.6. The number of hydrogen-bond donors (Lipinski definition) is 3. The summed E-state index contributed by atoms with van der Waals surface area (Å²) in [6.07, 6.45) is 0. The Bertz CT molecular complexity index is 55.8. The van der Waals surface area contributed by atoms with Crippen LogP contribution >= 0.6 is 7.82 Å². The smallest absolute Gasteiger partial charge is 0.303 e. The van der Waals surface area contributed by atoms with Crippen molar-refractivity contribution in [3.05, 3.63) is 0 Å². The van der Waals surface area contributed by atoms with Gasteiger partial charge in [0.1, 0.15) is 0 Å². The van der Waals surface area contributed by atoms with Crippen LogP contribution in [0.4, 0.5) is 0 Å². The van der Waals surface area contributed by atoms with Crippen molar-refractivity contribution in [2.45, 2.75) is 0 Å². The number of phosphoric acid groups is 1. The summed E-state index contributed by atoms with van der Waals surface area (Å²) in [7, 11) is -4.64. The summed E-state index contributed by atoms with van der Waals surface area (Å²) < 4.78 is 8.88. The molecule has 0 heterocycles. The Morgan fingerprint density at radius 2 is 1.00 bits per heavy atom. The average Bonchev–Trinajstić information content (AvgIpc) is 0.722. The minimum Gasteiger partial charge on any atom is -0.303 e. The second kappa shape index (κ2) is 5.29. The summed E-state index contributed by atoms with van der Waals surface area (Å²) in [5.41, 5.74) is 0. The summed E-state index contributed by atoms with van der Waals surface area (Å²) in [5, 5.41) is 0. The molecule has 0 fully saturated rings. The fourth-order valence-electron chi connectivity index (χ4n) is 0. The number of rotatable bonds is 0. The molecule has 3 N–H and O–H groups in total. The van der Waals surface area contributed by atoms with Crippen LogP contribution in [-0.4, -0.2) is 14.7 Å². The molecule has 7 heavy (non-hydrogen) atoms. The molecule has 0 aliphatic carbocycles. The summed E-state index contributed by atoms with van der Waals surface area (Å²) >= 11 is 0. The van der Waals surface area contributed by atoms with Gasteiger partial charge in [-0.1, -0.05) is 0 Å². The van der Waals surface area contributed by atoms with Gasteiger partial charge in [-0.2, -0.15) is 0 Å². The topological polar surface area (TPSA) is 77.8 Å². The first-order valence-electron chi connectivity index (χ1n) is 0.783. The van der Waals surface area contributed by atoms with E-state index in [4.69, 9.17) is 19.2 Å². The zero-order chi connectivity index (χ0) is 4.50. The van der Waals surface area contributed by atoms with Crippen LogP contribution in [0, 0.1) is 0 Å². The summed E-state index contributed by atoms with van der Waals surface area (Å²) in [5.74, 6) is 0. The standard InChI is InChI=1S/2Fe.H3O4P/c;;1-5(2,3)4/h;;(H3,1,2,3,4).